The Balaban J connectivity index is 1.32. The molecule has 3 aromatic heterocycles. The van der Waals surface area contributed by atoms with Crippen LogP contribution in [0.1, 0.15) is 73.9 Å². The number of rotatable bonds is 6. The molecule has 2 fully saturated rings. The fourth-order valence-corrected chi connectivity index (χ4v) is 6.87. The van der Waals surface area contributed by atoms with E-state index in [0.29, 0.717) is 36.5 Å². The van der Waals surface area contributed by atoms with Gasteiger partial charge < -0.3 is 10.5 Å². The van der Waals surface area contributed by atoms with E-state index in [1.807, 2.05) is 12.3 Å². The summed E-state index contributed by atoms with van der Waals surface area (Å²) in [5.74, 6) is -0.448. The van der Waals surface area contributed by atoms with E-state index in [9.17, 15) is 0 Å². The molecule has 210 valence electrons. The van der Waals surface area contributed by atoms with E-state index in [1.165, 1.54) is 5.56 Å². The Morgan fingerprint density at radius 3 is 2.52 bits per heavy atom. The number of alkyl halides is 1. The molecule has 4 aromatic rings. The summed E-state index contributed by atoms with van der Waals surface area (Å²) in [5.41, 5.74) is 7.57. The van der Waals surface area contributed by atoms with Gasteiger partial charge in [-0.1, -0.05) is 6.92 Å². The Hall–Kier alpha value is -3.30. The van der Waals surface area contributed by atoms with Crippen molar-refractivity contribution in [1.29, 1.82) is 0 Å². The molecule has 6 nitrogen and oxygen atoms in total. The molecule has 0 bridgehead atoms. The van der Waals surface area contributed by atoms with Gasteiger partial charge in [0.05, 0.1) is 29.1 Å². The molecule has 0 amide bonds. The number of ether oxygens (including phenoxy) is 1. The van der Waals surface area contributed by atoms with Crippen molar-refractivity contribution >= 4 is 5.52 Å². The Morgan fingerprint density at radius 1 is 1.07 bits per heavy atom. The fourth-order valence-electron chi connectivity index (χ4n) is 6.87. The van der Waals surface area contributed by atoms with Gasteiger partial charge in [-0.15, -0.1) is 0 Å². The average molecular weight is 550 g/mol. The highest BCUT2D eigenvalue weighted by atomic mass is 19.1. The van der Waals surface area contributed by atoms with Crippen molar-refractivity contribution < 1.29 is 17.9 Å². The van der Waals surface area contributed by atoms with E-state index in [-0.39, 0.29) is 47.7 Å². The zero-order valence-corrected chi connectivity index (χ0v) is 22.8. The van der Waals surface area contributed by atoms with Gasteiger partial charge in [0.2, 0.25) is 0 Å². The minimum absolute atomic E-state index is 0.0313. The van der Waals surface area contributed by atoms with Crippen LogP contribution in [0.5, 0.6) is 0 Å². The van der Waals surface area contributed by atoms with Gasteiger partial charge in [-0.05, 0) is 97.4 Å². The third-order valence-electron chi connectivity index (χ3n) is 8.86. The second-order valence-electron chi connectivity index (χ2n) is 11.5. The van der Waals surface area contributed by atoms with Crippen LogP contribution in [0.3, 0.4) is 0 Å². The second-order valence-corrected chi connectivity index (χ2v) is 11.5. The molecule has 0 radical (unpaired) electrons. The van der Waals surface area contributed by atoms with Gasteiger partial charge in [-0.25, -0.2) is 22.7 Å². The number of hydrogen-bond acceptors (Lipinski definition) is 5. The van der Waals surface area contributed by atoms with Gasteiger partial charge in [0.1, 0.15) is 23.1 Å². The Labute approximate surface area is 231 Å². The first-order chi connectivity index (χ1) is 19.3. The van der Waals surface area contributed by atoms with Crippen LogP contribution in [-0.2, 0) is 16.8 Å². The van der Waals surface area contributed by atoms with E-state index >= 15 is 13.2 Å². The summed E-state index contributed by atoms with van der Waals surface area (Å²) in [5, 5.41) is 4.58. The molecule has 6 rings (SSSR count). The van der Waals surface area contributed by atoms with Crippen LogP contribution < -0.4 is 5.73 Å². The van der Waals surface area contributed by atoms with Crippen LogP contribution in [0.2, 0.25) is 0 Å². The van der Waals surface area contributed by atoms with Crippen molar-refractivity contribution in [2.75, 3.05) is 7.11 Å². The molecule has 9 heteroatoms. The molecule has 0 aliphatic heterocycles. The summed E-state index contributed by atoms with van der Waals surface area (Å²) in [6, 6.07) is 7.52. The number of fused-ring (bicyclic) bond motifs is 1. The molecule has 2 N–H and O–H groups in total. The Bertz CT molecular complexity index is 1500. The molecular formula is C31H34F3N5O. The van der Waals surface area contributed by atoms with Crippen LogP contribution in [-0.4, -0.2) is 38.8 Å². The van der Waals surface area contributed by atoms with Gasteiger partial charge in [-0.3, -0.25) is 4.98 Å². The lowest BCUT2D eigenvalue weighted by Crippen LogP contribution is -2.45. The number of aromatic nitrogens is 4. The van der Waals surface area contributed by atoms with Crippen molar-refractivity contribution in [1.82, 2.24) is 19.6 Å². The van der Waals surface area contributed by atoms with E-state index < -0.39 is 17.3 Å². The van der Waals surface area contributed by atoms with E-state index in [4.69, 9.17) is 10.5 Å². The molecule has 2 aliphatic rings. The third-order valence-corrected chi connectivity index (χ3v) is 8.86. The minimum atomic E-state index is -1.68. The lowest BCUT2D eigenvalue weighted by molar-refractivity contribution is 0.00970. The SMILES string of the molecule is CO[C@@H]1[C@H](N)C[C@H](c2ccncc2Cc2ncc3ccc(-c4c(F)cc(C5(F)CCCC5)cc4F)nn23)C[C@@H]1C. The number of methoxy groups -OCH3 is 1. The van der Waals surface area contributed by atoms with Gasteiger partial charge in [0.25, 0.3) is 0 Å². The number of nitrogens with two attached hydrogens (primary N) is 1. The van der Waals surface area contributed by atoms with E-state index in [1.54, 1.807) is 36.2 Å². The van der Waals surface area contributed by atoms with Gasteiger partial charge in [0, 0.05) is 32.0 Å². The summed E-state index contributed by atoms with van der Waals surface area (Å²) >= 11 is 0. The molecule has 1 aromatic carbocycles. The topological polar surface area (TPSA) is 78.3 Å². The maximum atomic E-state index is 15.3. The van der Waals surface area contributed by atoms with Gasteiger partial charge >= 0.3 is 0 Å². The van der Waals surface area contributed by atoms with Crippen LogP contribution in [0.15, 0.2) is 48.9 Å². The molecule has 2 saturated carbocycles. The maximum Gasteiger partial charge on any atom is 0.136 e. The first kappa shape index (κ1) is 26.9. The number of pyridine rings is 1. The fraction of sp³-hybridized carbons (Fsp3) is 0.452. The van der Waals surface area contributed by atoms with E-state index in [0.717, 1.165) is 30.5 Å². The summed E-state index contributed by atoms with van der Waals surface area (Å²) in [7, 11) is 1.71. The highest BCUT2D eigenvalue weighted by Crippen LogP contribution is 2.44. The smallest absolute Gasteiger partial charge is 0.136 e. The van der Waals surface area contributed by atoms with Crippen LogP contribution >= 0.6 is 0 Å². The molecule has 40 heavy (non-hydrogen) atoms. The lowest BCUT2D eigenvalue weighted by Gasteiger charge is -2.38. The summed E-state index contributed by atoms with van der Waals surface area (Å²) < 4.78 is 53.0. The van der Waals surface area contributed by atoms with Crippen molar-refractivity contribution in [2.24, 2.45) is 11.7 Å². The minimum Gasteiger partial charge on any atom is -0.380 e. The summed E-state index contributed by atoms with van der Waals surface area (Å²) in [6.07, 6.45) is 9.52. The van der Waals surface area contributed by atoms with Gasteiger partial charge in [-0.2, -0.15) is 5.10 Å². The molecule has 0 spiro atoms. The highest BCUT2D eigenvalue weighted by molar-refractivity contribution is 5.63. The largest absolute Gasteiger partial charge is 0.380 e. The lowest BCUT2D eigenvalue weighted by atomic mass is 9.74. The first-order valence-electron chi connectivity index (χ1n) is 14.0. The van der Waals surface area contributed by atoms with Crippen molar-refractivity contribution in [3.05, 3.63) is 83.1 Å². The molecule has 0 saturated heterocycles. The number of imidazole rings is 1. The summed E-state index contributed by atoms with van der Waals surface area (Å²) in [4.78, 5) is 8.94. The predicted molar refractivity (Wildman–Crippen MR) is 147 cm³/mol. The number of hydrogen-bond donors (Lipinski definition) is 1. The van der Waals surface area contributed by atoms with Crippen molar-refractivity contribution in [3.8, 4) is 11.3 Å². The van der Waals surface area contributed by atoms with E-state index in [2.05, 4.69) is 22.0 Å². The molecular weight excluding hydrogens is 515 g/mol. The molecule has 4 atom stereocenters. The van der Waals surface area contributed by atoms with Crippen LogP contribution in [0.4, 0.5) is 13.2 Å². The summed E-state index contributed by atoms with van der Waals surface area (Å²) in [6.45, 7) is 2.17. The standard InChI is InChI=1S/C31H34F3N5O/c1-18-11-19(12-26(35)30(18)40-2)23-7-10-36-16-20(23)13-28-37-17-22-5-6-27(38-39(22)28)29-24(32)14-21(15-25(29)33)31(34)8-3-4-9-31/h5-7,10,14-19,26,30H,3-4,8-9,11-13,35H2,1-2H3/t18-,19+,26+,30-/m0/s1. The Morgan fingerprint density at radius 2 is 1.82 bits per heavy atom. The first-order valence-corrected chi connectivity index (χ1v) is 14.0. The number of halogens is 3. The van der Waals surface area contributed by atoms with Crippen LogP contribution in [0.25, 0.3) is 16.8 Å². The second kappa shape index (κ2) is 10.6. The number of benzene rings is 1. The zero-order chi connectivity index (χ0) is 28.0. The third kappa shape index (κ3) is 4.79. The maximum absolute atomic E-state index is 15.3. The van der Waals surface area contributed by atoms with Crippen LogP contribution in [0, 0.1) is 17.6 Å². The quantitative estimate of drug-likeness (QED) is 0.307. The monoisotopic (exact) mass is 549 g/mol. The van der Waals surface area contributed by atoms with Gasteiger partial charge in [0.15, 0.2) is 0 Å². The van der Waals surface area contributed by atoms with Crippen molar-refractivity contribution in [3.63, 3.8) is 0 Å². The average Bonchev–Trinajstić information content (AvgIpc) is 3.55. The predicted octanol–water partition coefficient (Wildman–Crippen LogP) is 6.25. The Kier molecular flexibility index (Phi) is 7.12. The molecule has 0 unspecified atom stereocenters. The normalized spacial score (nSPS) is 24.6. The highest BCUT2D eigenvalue weighted by Gasteiger charge is 2.37. The zero-order valence-electron chi connectivity index (χ0n) is 22.8. The molecule has 3 heterocycles. The number of nitrogens with zero attached hydrogens (tertiary/aromatic N) is 4. The molecule has 2 aliphatic carbocycles. The van der Waals surface area contributed by atoms with Crippen molar-refractivity contribution in [2.45, 2.75) is 75.6 Å².